The molecule has 1 aromatic rings. The van der Waals surface area contributed by atoms with Crippen molar-refractivity contribution in [1.82, 2.24) is 10.4 Å². The molecule has 1 heterocycles. The highest BCUT2D eigenvalue weighted by molar-refractivity contribution is 7.98. The van der Waals surface area contributed by atoms with Crippen LogP contribution in [0.4, 0.5) is 0 Å². The highest BCUT2D eigenvalue weighted by Gasteiger charge is 2.52. The molecule has 1 fully saturated rings. The lowest BCUT2D eigenvalue weighted by atomic mass is 9.94. The van der Waals surface area contributed by atoms with Crippen LogP contribution in [0.1, 0.15) is 12.8 Å². The highest BCUT2D eigenvalue weighted by Crippen LogP contribution is 2.36. The Morgan fingerprint density at radius 2 is 1.92 bits per heavy atom. The van der Waals surface area contributed by atoms with Crippen LogP contribution in [0.15, 0.2) is 34.1 Å². The van der Waals surface area contributed by atoms with E-state index < -0.39 is 20.5 Å². The van der Waals surface area contributed by atoms with Gasteiger partial charge in [0, 0.05) is 18.0 Å². The zero-order valence-corrected chi connectivity index (χ0v) is 15.2. The summed E-state index contributed by atoms with van der Waals surface area (Å²) in [5, 5.41) is 9.11. The van der Waals surface area contributed by atoms with Crippen molar-refractivity contribution < 1.29 is 18.4 Å². The van der Waals surface area contributed by atoms with Gasteiger partial charge in [-0.1, -0.05) is 6.32 Å². The van der Waals surface area contributed by atoms with Gasteiger partial charge in [-0.15, -0.1) is 11.8 Å². The SMILES string of the molecule is [B]CCN1CCC(C(=O)NO)(S(=O)(=O)c2ccc(SC)cc2)CC1. The van der Waals surface area contributed by atoms with Gasteiger partial charge >= 0.3 is 0 Å². The fourth-order valence-corrected chi connectivity index (χ4v) is 5.38. The molecule has 0 aliphatic carbocycles. The van der Waals surface area contributed by atoms with Crippen molar-refractivity contribution in [1.29, 1.82) is 0 Å². The first-order valence-corrected chi connectivity index (χ1v) is 10.4. The normalized spacial score (nSPS) is 18.2. The molecule has 0 atom stereocenters. The molecule has 0 bridgehead atoms. The number of nitrogens with one attached hydrogen (secondary N) is 1. The standard InChI is InChI=1S/C15H21BN2O4S2/c1-23-12-2-4-13(5-3-12)24(21,22)15(14(19)17-20)6-9-18(10-7-15)11-8-16/h2-5,20H,6-11H2,1H3,(H,17,19). The number of amides is 1. The largest absolute Gasteiger partial charge is 0.304 e. The van der Waals surface area contributed by atoms with Crippen molar-refractivity contribution in [3.63, 3.8) is 0 Å². The molecule has 2 N–H and O–H groups in total. The number of carbonyl (C=O) groups is 1. The minimum atomic E-state index is -3.94. The summed E-state index contributed by atoms with van der Waals surface area (Å²) in [4.78, 5) is 15.4. The molecule has 6 nitrogen and oxygen atoms in total. The van der Waals surface area contributed by atoms with Gasteiger partial charge in [0.2, 0.25) is 0 Å². The Hall–Kier alpha value is -1.03. The fraction of sp³-hybridized carbons (Fsp3) is 0.533. The van der Waals surface area contributed by atoms with Crippen molar-refractivity contribution in [2.24, 2.45) is 0 Å². The average Bonchev–Trinajstić information content (AvgIpc) is 2.62. The number of thioether (sulfide) groups is 1. The van der Waals surface area contributed by atoms with Crippen molar-refractivity contribution in [2.75, 3.05) is 25.9 Å². The first-order valence-electron chi connectivity index (χ1n) is 7.67. The number of hydroxylamine groups is 1. The van der Waals surface area contributed by atoms with Gasteiger partial charge in [0.05, 0.1) is 12.7 Å². The predicted octanol–water partition coefficient (Wildman–Crippen LogP) is 1.11. The monoisotopic (exact) mass is 368 g/mol. The number of carbonyl (C=O) groups excluding carboxylic acids is 1. The van der Waals surface area contributed by atoms with Crippen LogP contribution >= 0.6 is 11.8 Å². The van der Waals surface area contributed by atoms with Gasteiger partial charge in [-0.05, 0) is 49.9 Å². The number of rotatable bonds is 6. The predicted molar refractivity (Wildman–Crippen MR) is 94.3 cm³/mol. The second-order valence-corrected chi connectivity index (χ2v) is 8.88. The molecule has 9 heteroatoms. The van der Waals surface area contributed by atoms with E-state index in [0.717, 1.165) is 4.90 Å². The average molecular weight is 368 g/mol. The summed E-state index contributed by atoms with van der Waals surface area (Å²) in [6.45, 7) is 1.53. The van der Waals surface area contributed by atoms with E-state index >= 15 is 0 Å². The third-order valence-corrected chi connectivity index (χ3v) is 7.77. The Morgan fingerprint density at radius 1 is 1.33 bits per heavy atom. The first-order chi connectivity index (χ1) is 11.4. The maximum absolute atomic E-state index is 13.2. The van der Waals surface area contributed by atoms with Crippen LogP contribution in [0.2, 0.25) is 6.32 Å². The van der Waals surface area contributed by atoms with E-state index in [1.807, 2.05) is 11.2 Å². The number of nitrogens with zero attached hydrogens (tertiary/aromatic N) is 1. The van der Waals surface area contributed by atoms with E-state index in [1.54, 1.807) is 17.6 Å². The van der Waals surface area contributed by atoms with Crippen LogP contribution in [-0.2, 0) is 14.6 Å². The van der Waals surface area contributed by atoms with Crippen LogP contribution in [0, 0.1) is 0 Å². The van der Waals surface area contributed by atoms with Gasteiger partial charge in [0.25, 0.3) is 5.91 Å². The third kappa shape index (κ3) is 3.49. The molecule has 0 spiro atoms. The van der Waals surface area contributed by atoms with E-state index in [4.69, 9.17) is 13.1 Å². The molecule has 1 aliphatic heterocycles. The molecule has 130 valence electrons. The van der Waals surface area contributed by atoms with Gasteiger partial charge in [-0.3, -0.25) is 10.0 Å². The number of hydrogen-bond donors (Lipinski definition) is 2. The van der Waals surface area contributed by atoms with E-state index in [2.05, 4.69) is 0 Å². The van der Waals surface area contributed by atoms with Crippen molar-refractivity contribution >= 4 is 35.4 Å². The lowest BCUT2D eigenvalue weighted by molar-refractivity contribution is -0.133. The zero-order valence-electron chi connectivity index (χ0n) is 13.6. The molecule has 0 unspecified atom stereocenters. The molecule has 0 saturated carbocycles. The molecular weight excluding hydrogens is 347 g/mol. The summed E-state index contributed by atoms with van der Waals surface area (Å²) in [6.07, 6.45) is 2.61. The number of piperidine rings is 1. The van der Waals surface area contributed by atoms with Gasteiger partial charge in [0.15, 0.2) is 14.6 Å². The Kier molecular flexibility index (Phi) is 6.36. The molecule has 24 heavy (non-hydrogen) atoms. The Labute approximate surface area is 148 Å². The van der Waals surface area contributed by atoms with Gasteiger partial charge in [-0.25, -0.2) is 13.9 Å². The van der Waals surface area contributed by atoms with E-state index in [1.165, 1.54) is 23.9 Å². The Bertz CT molecular complexity index is 671. The van der Waals surface area contributed by atoms with Gasteiger partial charge in [0.1, 0.15) is 0 Å². The lowest BCUT2D eigenvalue weighted by Gasteiger charge is -2.39. The number of benzene rings is 1. The summed E-state index contributed by atoms with van der Waals surface area (Å²) in [5.41, 5.74) is 1.56. The van der Waals surface area contributed by atoms with Crippen molar-refractivity contribution in [3.8, 4) is 0 Å². The maximum Gasteiger partial charge on any atom is 0.265 e. The van der Waals surface area contributed by atoms with Crippen LogP contribution < -0.4 is 5.48 Å². The van der Waals surface area contributed by atoms with Gasteiger partial charge < -0.3 is 4.90 Å². The minimum Gasteiger partial charge on any atom is -0.304 e. The molecule has 2 radical (unpaired) electrons. The highest BCUT2D eigenvalue weighted by atomic mass is 32.2. The first kappa shape index (κ1) is 19.3. The van der Waals surface area contributed by atoms with E-state index in [9.17, 15) is 13.2 Å². The number of hydrogen-bond acceptors (Lipinski definition) is 6. The molecule has 2 rings (SSSR count). The van der Waals surface area contributed by atoms with E-state index in [-0.39, 0.29) is 17.7 Å². The van der Waals surface area contributed by atoms with E-state index in [0.29, 0.717) is 26.0 Å². The van der Waals surface area contributed by atoms with Gasteiger partial charge in [-0.2, -0.15) is 0 Å². The van der Waals surface area contributed by atoms with Crippen LogP contribution in [0.3, 0.4) is 0 Å². The second kappa shape index (κ2) is 7.90. The Balaban J connectivity index is 2.38. The Morgan fingerprint density at radius 3 is 2.38 bits per heavy atom. The topological polar surface area (TPSA) is 86.7 Å². The molecular formula is C15H21BN2O4S2. The molecule has 1 saturated heterocycles. The molecule has 1 amide bonds. The lowest BCUT2D eigenvalue weighted by Crippen LogP contribution is -2.57. The molecule has 1 aromatic carbocycles. The van der Waals surface area contributed by atoms with Crippen molar-refractivity contribution in [2.45, 2.75) is 33.7 Å². The van der Waals surface area contributed by atoms with Crippen LogP contribution in [0.5, 0.6) is 0 Å². The summed E-state index contributed by atoms with van der Waals surface area (Å²) < 4.78 is 24.6. The summed E-state index contributed by atoms with van der Waals surface area (Å²) >= 11 is 1.51. The molecule has 0 aromatic heterocycles. The van der Waals surface area contributed by atoms with Crippen LogP contribution in [0.25, 0.3) is 0 Å². The fourth-order valence-electron chi connectivity index (χ4n) is 3.02. The zero-order chi connectivity index (χ0) is 17.8. The number of likely N-dealkylation sites (tertiary alicyclic amines) is 1. The maximum atomic E-state index is 13.2. The molecule has 1 aliphatic rings. The van der Waals surface area contributed by atoms with Crippen molar-refractivity contribution in [3.05, 3.63) is 24.3 Å². The third-order valence-electron chi connectivity index (χ3n) is 4.51. The minimum absolute atomic E-state index is 0.0937. The van der Waals surface area contributed by atoms with Crippen LogP contribution in [-0.4, -0.2) is 62.9 Å². The summed E-state index contributed by atoms with van der Waals surface area (Å²) in [7, 11) is 1.60. The summed E-state index contributed by atoms with van der Waals surface area (Å²) in [5.74, 6) is -0.871. The quantitative estimate of drug-likeness (QED) is 0.339. The smallest absolute Gasteiger partial charge is 0.265 e. The summed E-state index contributed by atoms with van der Waals surface area (Å²) in [6, 6.07) is 6.46. The second-order valence-electron chi connectivity index (χ2n) is 5.74. The number of sulfone groups is 1.